The molecule has 58 valence electrons. The third kappa shape index (κ3) is 4.37. The van der Waals surface area contributed by atoms with Gasteiger partial charge >= 0.3 is 0 Å². The molecule has 0 aliphatic carbocycles. The summed E-state index contributed by atoms with van der Waals surface area (Å²) in [6, 6.07) is 0. The maximum absolute atomic E-state index is 3.93. The summed E-state index contributed by atoms with van der Waals surface area (Å²) < 4.78 is 0. The molecule has 0 aromatic carbocycles. The molecule has 0 nitrogen and oxygen atoms in total. The monoisotopic (exact) mass is 138 g/mol. The second-order valence-corrected chi connectivity index (χ2v) is 3.32. The fraction of sp³-hybridized carbons (Fsp3) is 0.600. The maximum Gasteiger partial charge on any atom is -0.0280 e. The number of allylic oxidation sites excluding steroid dienone is 2. The van der Waals surface area contributed by atoms with Crippen molar-refractivity contribution in [3.63, 3.8) is 0 Å². The van der Waals surface area contributed by atoms with Crippen LogP contribution in [0.3, 0.4) is 0 Å². The third-order valence-electron chi connectivity index (χ3n) is 1.63. The van der Waals surface area contributed by atoms with Gasteiger partial charge < -0.3 is 0 Å². The van der Waals surface area contributed by atoms with Crippen LogP contribution >= 0.6 is 0 Å². The lowest BCUT2D eigenvalue weighted by Gasteiger charge is -2.06. The molecule has 0 atom stereocenters. The van der Waals surface area contributed by atoms with E-state index in [1.54, 1.807) is 0 Å². The molecule has 0 fully saturated rings. The summed E-state index contributed by atoms with van der Waals surface area (Å²) in [7, 11) is 0. The third-order valence-corrected chi connectivity index (χ3v) is 1.63. The second kappa shape index (κ2) is 4.32. The van der Waals surface area contributed by atoms with Crippen LogP contribution in [0.1, 0.15) is 33.6 Å². The Morgan fingerprint density at radius 2 is 1.80 bits per heavy atom. The Balaban J connectivity index is 3.50. The maximum atomic E-state index is 3.93. The highest BCUT2D eigenvalue weighted by Crippen LogP contribution is 2.14. The van der Waals surface area contributed by atoms with E-state index in [0.717, 1.165) is 17.9 Å². The standard InChI is InChI=1S/C10H18/c1-8(2)6-7-10(5)9(3)4/h8H,3,5-7H2,1-2,4H3. The highest BCUT2D eigenvalue weighted by Gasteiger charge is 1.97. The van der Waals surface area contributed by atoms with Crippen molar-refractivity contribution in [3.05, 3.63) is 24.3 Å². The van der Waals surface area contributed by atoms with Gasteiger partial charge in [0.15, 0.2) is 0 Å². The topological polar surface area (TPSA) is 0 Å². The number of hydrogen-bond donors (Lipinski definition) is 0. The van der Waals surface area contributed by atoms with Gasteiger partial charge in [-0.3, -0.25) is 0 Å². The summed E-state index contributed by atoms with van der Waals surface area (Å²) in [4.78, 5) is 0. The second-order valence-electron chi connectivity index (χ2n) is 3.32. The molecule has 0 aliphatic rings. The highest BCUT2D eigenvalue weighted by molar-refractivity contribution is 5.22. The largest absolute Gasteiger partial charge is 0.0959 e. The zero-order valence-electron chi connectivity index (χ0n) is 7.41. The fourth-order valence-electron chi connectivity index (χ4n) is 0.676. The fourth-order valence-corrected chi connectivity index (χ4v) is 0.676. The summed E-state index contributed by atoms with van der Waals surface area (Å²) in [5, 5.41) is 0. The first-order chi connectivity index (χ1) is 4.54. The molecule has 0 unspecified atom stereocenters. The van der Waals surface area contributed by atoms with E-state index < -0.39 is 0 Å². The van der Waals surface area contributed by atoms with E-state index in [1.165, 1.54) is 12.0 Å². The van der Waals surface area contributed by atoms with E-state index in [1.807, 2.05) is 6.92 Å². The molecule has 0 aromatic heterocycles. The van der Waals surface area contributed by atoms with Gasteiger partial charge in [0.2, 0.25) is 0 Å². The van der Waals surface area contributed by atoms with E-state index in [4.69, 9.17) is 0 Å². The van der Waals surface area contributed by atoms with Gasteiger partial charge in [0.1, 0.15) is 0 Å². The van der Waals surface area contributed by atoms with Gasteiger partial charge in [0, 0.05) is 0 Å². The van der Waals surface area contributed by atoms with E-state index in [-0.39, 0.29) is 0 Å². The smallest absolute Gasteiger partial charge is 0.0280 e. The molecule has 0 radical (unpaired) electrons. The molecule has 0 heterocycles. The minimum Gasteiger partial charge on any atom is -0.0959 e. The Bertz CT molecular complexity index is 129. The van der Waals surface area contributed by atoms with Crippen LogP contribution in [0, 0.1) is 5.92 Å². The average molecular weight is 138 g/mol. The van der Waals surface area contributed by atoms with Gasteiger partial charge in [-0.05, 0) is 25.7 Å². The lowest BCUT2D eigenvalue weighted by Crippen LogP contribution is -1.89. The molecule has 0 amide bonds. The quantitative estimate of drug-likeness (QED) is 0.521. The molecule has 0 saturated carbocycles. The molecule has 0 aromatic rings. The van der Waals surface area contributed by atoms with Crippen LogP contribution < -0.4 is 0 Å². The summed E-state index contributed by atoms with van der Waals surface area (Å²) in [6.45, 7) is 14.2. The Hall–Kier alpha value is -0.520. The van der Waals surface area contributed by atoms with Crippen LogP contribution in [-0.2, 0) is 0 Å². The predicted octanol–water partition coefficient (Wildman–Crippen LogP) is 3.55. The zero-order valence-corrected chi connectivity index (χ0v) is 7.41. The molecular formula is C10H18. The molecule has 0 heteroatoms. The lowest BCUT2D eigenvalue weighted by molar-refractivity contribution is 0.587. The van der Waals surface area contributed by atoms with Crippen molar-refractivity contribution in [2.24, 2.45) is 5.92 Å². The van der Waals surface area contributed by atoms with Crippen LogP contribution in [0.5, 0.6) is 0 Å². The van der Waals surface area contributed by atoms with Gasteiger partial charge in [0.25, 0.3) is 0 Å². The van der Waals surface area contributed by atoms with Gasteiger partial charge in [-0.2, -0.15) is 0 Å². The molecule has 0 rings (SSSR count). The summed E-state index contributed by atoms with van der Waals surface area (Å²) in [6.07, 6.45) is 2.33. The molecule has 0 N–H and O–H groups in total. The van der Waals surface area contributed by atoms with Gasteiger partial charge in [-0.25, -0.2) is 0 Å². The normalized spacial score (nSPS) is 10.0. The Kier molecular flexibility index (Phi) is 4.10. The Morgan fingerprint density at radius 1 is 1.30 bits per heavy atom. The molecule has 0 spiro atoms. The number of rotatable bonds is 4. The van der Waals surface area contributed by atoms with Crippen molar-refractivity contribution in [2.75, 3.05) is 0 Å². The lowest BCUT2D eigenvalue weighted by atomic mass is 10.0. The van der Waals surface area contributed by atoms with Crippen molar-refractivity contribution in [1.29, 1.82) is 0 Å². The average Bonchev–Trinajstić information content (AvgIpc) is 1.82. The van der Waals surface area contributed by atoms with Crippen molar-refractivity contribution in [3.8, 4) is 0 Å². The van der Waals surface area contributed by atoms with Crippen LogP contribution in [0.4, 0.5) is 0 Å². The van der Waals surface area contributed by atoms with Crippen LogP contribution in [0.15, 0.2) is 24.3 Å². The summed E-state index contributed by atoms with van der Waals surface area (Å²) >= 11 is 0. The Labute approximate surface area is 64.6 Å². The van der Waals surface area contributed by atoms with Crippen molar-refractivity contribution < 1.29 is 0 Å². The highest BCUT2D eigenvalue weighted by atomic mass is 14.0. The first-order valence-electron chi connectivity index (χ1n) is 3.87. The van der Waals surface area contributed by atoms with Crippen molar-refractivity contribution >= 4 is 0 Å². The predicted molar refractivity (Wildman–Crippen MR) is 48.0 cm³/mol. The minimum atomic E-state index is 0.774. The summed E-state index contributed by atoms with van der Waals surface area (Å²) in [5.74, 6) is 0.774. The van der Waals surface area contributed by atoms with E-state index in [2.05, 4.69) is 27.0 Å². The van der Waals surface area contributed by atoms with Gasteiger partial charge in [-0.15, -0.1) is 0 Å². The minimum absolute atomic E-state index is 0.774. The molecule has 0 saturated heterocycles. The molecule has 0 bridgehead atoms. The van der Waals surface area contributed by atoms with Crippen LogP contribution in [0.2, 0.25) is 0 Å². The van der Waals surface area contributed by atoms with E-state index >= 15 is 0 Å². The van der Waals surface area contributed by atoms with Crippen LogP contribution in [-0.4, -0.2) is 0 Å². The SMILES string of the molecule is C=C(C)C(=C)CCC(C)C. The van der Waals surface area contributed by atoms with Crippen molar-refractivity contribution in [2.45, 2.75) is 33.6 Å². The van der Waals surface area contributed by atoms with E-state index in [0.29, 0.717) is 0 Å². The molecule has 10 heavy (non-hydrogen) atoms. The van der Waals surface area contributed by atoms with E-state index in [9.17, 15) is 0 Å². The van der Waals surface area contributed by atoms with Gasteiger partial charge in [-0.1, -0.05) is 38.2 Å². The number of hydrogen-bond acceptors (Lipinski definition) is 0. The molecule has 0 aliphatic heterocycles. The zero-order chi connectivity index (χ0) is 8.15. The van der Waals surface area contributed by atoms with Gasteiger partial charge in [0.05, 0.1) is 0 Å². The summed E-state index contributed by atoms with van der Waals surface area (Å²) in [5.41, 5.74) is 2.33. The first-order valence-corrected chi connectivity index (χ1v) is 3.87. The van der Waals surface area contributed by atoms with Crippen molar-refractivity contribution in [1.82, 2.24) is 0 Å². The first kappa shape index (κ1) is 9.48. The Morgan fingerprint density at radius 3 is 2.10 bits per heavy atom. The van der Waals surface area contributed by atoms with Crippen LogP contribution in [0.25, 0.3) is 0 Å². The molecular weight excluding hydrogens is 120 g/mol.